The van der Waals surface area contributed by atoms with Crippen LogP contribution in [0.1, 0.15) is 46.5 Å². The second kappa shape index (κ2) is 6.29. The molecule has 3 aliphatic carbocycles. The van der Waals surface area contributed by atoms with Crippen LogP contribution in [0.5, 0.6) is 0 Å². The molecule has 0 saturated heterocycles. The van der Waals surface area contributed by atoms with E-state index >= 15 is 0 Å². The maximum Gasteiger partial charge on any atom is 0.310 e. The Morgan fingerprint density at radius 2 is 1.74 bits per heavy atom. The van der Waals surface area contributed by atoms with Gasteiger partial charge in [-0.1, -0.05) is 39.3 Å². The number of esters is 1. The van der Waals surface area contributed by atoms with Crippen LogP contribution >= 0.6 is 0 Å². The molecule has 0 aromatic carbocycles. The van der Waals surface area contributed by atoms with E-state index < -0.39 is 17.8 Å². The van der Waals surface area contributed by atoms with E-state index in [1.54, 1.807) is 0 Å². The number of hydrogen-bond donors (Lipinski definition) is 1. The molecule has 3 aliphatic rings. The number of ether oxygens (including phenoxy) is 1. The van der Waals surface area contributed by atoms with Crippen molar-refractivity contribution in [3.8, 4) is 0 Å². The van der Waals surface area contributed by atoms with Crippen LogP contribution in [-0.2, 0) is 14.3 Å². The Morgan fingerprint density at radius 1 is 1.09 bits per heavy atom. The molecule has 0 aliphatic heterocycles. The number of hydrogen-bond acceptors (Lipinski definition) is 3. The van der Waals surface area contributed by atoms with Crippen LogP contribution in [0.25, 0.3) is 0 Å². The molecule has 0 heterocycles. The van der Waals surface area contributed by atoms with E-state index in [0.717, 1.165) is 19.3 Å². The van der Waals surface area contributed by atoms with Gasteiger partial charge in [0.05, 0.1) is 11.8 Å². The predicted molar refractivity (Wildman–Crippen MR) is 86.6 cm³/mol. The van der Waals surface area contributed by atoms with E-state index in [1.165, 1.54) is 6.42 Å². The molecule has 1 N–H and O–H groups in total. The van der Waals surface area contributed by atoms with Gasteiger partial charge in [-0.2, -0.15) is 0 Å². The summed E-state index contributed by atoms with van der Waals surface area (Å²) in [6.45, 7) is 6.57. The van der Waals surface area contributed by atoms with Crippen molar-refractivity contribution >= 4 is 11.9 Å². The highest BCUT2D eigenvalue weighted by atomic mass is 16.5. The summed E-state index contributed by atoms with van der Waals surface area (Å²) in [7, 11) is 0. The third kappa shape index (κ3) is 3.05. The number of fused-ring (bicyclic) bond motifs is 2. The lowest BCUT2D eigenvalue weighted by molar-refractivity contribution is -0.167. The smallest absolute Gasteiger partial charge is 0.310 e. The van der Waals surface area contributed by atoms with Crippen molar-refractivity contribution in [1.29, 1.82) is 0 Å². The van der Waals surface area contributed by atoms with Crippen molar-refractivity contribution in [3.63, 3.8) is 0 Å². The number of allylic oxidation sites excluding steroid dienone is 2. The van der Waals surface area contributed by atoms with Crippen molar-refractivity contribution in [3.05, 3.63) is 12.2 Å². The van der Waals surface area contributed by atoms with E-state index in [9.17, 15) is 14.7 Å². The molecule has 0 radical (unpaired) electrons. The van der Waals surface area contributed by atoms with Crippen molar-refractivity contribution in [2.75, 3.05) is 0 Å². The molecule has 0 amide bonds. The summed E-state index contributed by atoms with van der Waals surface area (Å²) >= 11 is 0. The van der Waals surface area contributed by atoms with Crippen LogP contribution in [-0.4, -0.2) is 23.1 Å². The number of carbonyl (C=O) groups is 2. The second-order valence-electron chi connectivity index (χ2n) is 8.14. The fourth-order valence-corrected chi connectivity index (χ4v) is 4.96. The molecular formula is C19H28O4. The summed E-state index contributed by atoms with van der Waals surface area (Å²) in [4.78, 5) is 24.4. The van der Waals surface area contributed by atoms with Crippen molar-refractivity contribution in [1.82, 2.24) is 0 Å². The largest absolute Gasteiger partial charge is 0.481 e. The molecule has 0 spiro atoms. The Hall–Kier alpha value is -1.32. The highest BCUT2D eigenvalue weighted by Crippen LogP contribution is 2.49. The molecule has 23 heavy (non-hydrogen) atoms. The standard InChI is InChI=1S/C19H28O4/c1-10(2)14-7-4-11(3)8-15(14)23-19(22)17-13-6-5-12(9-13)16(17)18(20)21/h5-6,10-17H,4,7-9H2,1-3H3,(H,20,21)/t11?,12-,13+,14?,15?,16+,17+/m1/s1. The zero-order chi connectivity index (χ0) is 16.7. The maximum atomic E-state index is 12.8. The highest BCUT2D eigenvalue weighted by molar-refractivity contribution is 5.83. The fraction of sp³-hybridized carbons (Fsp3) is 0.789. The van der Waals surface area contributed by atoms with E-state index in [1.807, 2.05) is 12.2 Å². The minimum Gasteiger partial charge on any atom is -0.481 e. The van der Waals surface area contributed by atoms with Crippen LogP contribution < -0.4 is 0 Å². The minimum atomic E-state index is -0.860. The van der Waals surface area contributed by atoms with Gasteiger partial charge in [0.1, 0.15) is 6.10 Å². The second-order valence-corrected chi connectivity index (χ2v) is 8.14. The number of carboxylic acid groups (broad SMARTS) is 1. The van der Waals surface area contributed by atoms with Crippen molar-refractivity contribution < 1.29 is 19.4 Å². The lowest BCUT2D eigenvalue weighted by Crippen LogP contribution is -2.40. The van der Waals surface area contributed by atoms with Gasteiger partial charge in [0, 0.05) is 0 Å². The van der Waals surface area contributed by atoms with Gasteiger partial charge in [-0.25, -0.2) is 0 Å². The van der Waals surface area contributed by atoms with Gasteiger partial charge in [-0.3, -0.25) is 9.59 Å². The molecule has 3 rings (SSSR count). The monoisotopic (exact) mass is 320 g/mol. The van der Waals surface area contributed by atoms with Gasteiger partial charge < -0.3 is 9.84 Å². The summed E-state index contributed by atoms with van der Waals surface area (Å²) in [5, 5.41) is 9.50. The first-order chi connectivity index (χ1) is 10.9. The quantitative estimate of drug-likeness (QED) is 0.636. The summed E-state index contributed by atoms with van der Waals surface area (Å²) in [5.41, 5.74) is 0. The van der Waals surface area contributed by atoms with Gasteiger partial charge in [-0.05, 0) is 48.9 Å². The summed E-state index contributed by atoms with van der Waals surface area (Å²) < 4.78 is 5.92. The fourth-order valence-electron chi connectivity index (χ4n) is 4.96. The van der Waals surface area contributed by atoms with Gasteiger partial charge >= 0.3 is 11.9 Å². The normalized spacial score (nSPS) is 42.2. The maximum absolute atomic E-state index is 12.8. The summed E-state index contributed by atoms with van der Waals surface area (Å²) in [5.74, 6) is -0.738. The molecule has 0 aromatic rings. The van der Waals surface area contributed by atoms with Gasteiger partial charge in [0.25, 0.3) is 0 Å². The zero-order valence-electron chi connectivity index (χ0n) is 14.3. The van der Waals surface area contributed by atoms with Crippen molar-refractivity contribution in [2.45, 2.75) is 52.6 Å². The lowest BCUT2D eigenvalue weighted by atomic mass is 9.75. The van der Waals surface area contributed by atoms with Crippen LogP contribution in [0.3, 0.4) is 0 Å². The minimum absolute atomic E-state index is 0.00113. The first kappa shape index (κ1) is 16.5. The SMILES string of the molecule is CC1CCC(C(C)C)C(OC(=O)[C@@H]2[C@@H](C(=O)O)[C@@H]3C=C[C@H]2C3)C1. The third-order valence-corrected chi connectivity index (χ3v) is 6.25. The topological polar surface area (TPSA) is 63.6 Å². The molecule has 2 bridgehead atoms. The van der Waals surface area contributed by atoms with Gasteiger partial charge in [0.15, 0.2) is 0 Å². The molecule has 2 saturated carbocycles. The first-order valence-corrected chi connectivity index (χ1v) is 9.00. The molecule has 128 valence electrons. The van der Waals surface area contributed by atoms with E-state index in [4.69, 9.17) is 4.74 Å². The van der Waals surface area contributed by atoms with E-state index in [2.05, 4.69) is 20.8 Å². The average Bonchev–Trinajstić information content (AvgIpc) is 3.07. The Bertz CT molecular complexity index is 509. The van der Waals surface area contributed by atoms with Crippen LogP contribution in [0.15, 0.2) is 12.2 Å². The lowest BCUT2D eigenvalue weighted by Gasteiger charge is -2.37. The first-order valence-electron chi connectivity index (χ1n) is 9.00. The van der Waals surface area contributed by atoms with E-state index in [-0.39, 0.29) is 23.9 Å². The summed E-state index contributed by atoms with van der Waals surface area (Å²) in [6, 6.07) is 0. The van der Waals surface area contributed by atoms with Gasteiger partial charge in [0.2, 0.25) is 0 Å². The predicted octanol–water partition coefficient (Wildman–Crippen LogP) is 3.51. The number of carboxylic acids is 1. The Labute approximate surface area is 138 Å². The molecular weight excluding hydrogens is 292 g/mol. The molecule has 4 heteroatoms. The molecule has 4 nitrogen and oxygen atoms in total. The van der Waals surface area contributed by atoms with Crippen LogP contribution in [0.4, 0.5) is 0 Å². The number of rotatable bonds is 4. The molecule has 7 atom stereocenters. The molecule has 3 unspecified atom stereocenters. The van der Waals surface area contributed by atoms with Crippen LogP contribution in [0, 0.1) is 41.4 Å². The third-order valence-electron chi connectivity index (χ3n) is 6.25. The molecule has 2 fully saturated rings. The van der Waals surface area contributed by atoms with Gasteiger partial charge in [-0.15, -0.1) is 0 Å². The number of aliphatic carboxylic acids is 1. The highest BCUT2D eigenvalue weighted by Gasteiger charge is 2.53. The number of carbonyl (C=O) groups excluding carboxylic acids is 1. The Morgan fingerprint density at radius 3 is 2.35 bits per heavy atom. The Kier molecular flexibility index (Phi) is 4.52. The molecule has 0 aromatic heterocycles. The average molecular weight is 320 g/mol. The van der Waals surface area contributed by atoms with Crippen molar-refractivity contribution in [2.24, 2.45) is 41.4 Å². The zero-order valence-corrected chi connectivity index (χ0v) is 14.3. The van der Waals surface area contributed by atoms with E-state index in [0.29, 0.717) is 17.8 Å². The van der Waals surface area contributed by atoms with Crippen LogP contribution in [0.2, 0.25) is 0 Å². The Balaban J connectivity index is 1.72. The summed E-state index contributed by atoms with van der Waals surface area (Å²) in [6.07, 6.45) is 7.89.